The topological polar surface area (TPSA) is 168 Å². The van der Waals surface area contributed by atoms with E-state index in [0.717, 1.165) is 12.1 Å². The van der Waals surface area contributed by atoms with Crippen molar-refractivity contribution in [3.8, 4) is 28.7 Å². The summed E-state index contributed by atoms with van der Waals surface area (Å²) < 4.78 is 10.9. The fraction of sp³-hybridized carbons (Fsp3) is 0.222. The van der Waals surface area contributed by atoms with E-state index in [9.17, 15) is 39.6 Å². The molecule has 1 aliphatic rings. The number of ether oxygens (including phenoxy) is 2. The zero-order valence-corrected chi connectivity index (χ0v) is 27.2. The van der Waals surface area contributed by atoms with Crippen LogP contribution in [0.15, 0.2) is 60.7 Å². The number of esters is 1. The summed E-state index contributed by atoms with van der Waals surface area (Å²) in [7, 11) is 0. The number of fused-ring (bicyclic) bond motifs is 2. The van der Waals surface area contributed by atoms with Crippen molar-refractivity contribution in [2.75, 3.05) is 0 Å². The molecule has 0 unspecified atom stereocenters. The molecule has 0 heterocycles. The average molecular weight is 661 g/mol. The van der Waals surface area contributed by atoms with Crippen LogP contribution in [0, 0.1) is 13.8 Å². The number of hydrogen-bond donors (Lipinski definition) is 4. The van der Waals surface area contributed by atoms with Crippen LogP contribution in [0.3, 0.4) is 0 Å². The normalized spacial score (nSPS) is 12.1. The number of benzene rings is 4. The fourth-order valence-electron chi connectivity index (χ4n) is 4.86. The second kappa shape index (κ2) is 13.2. The maximum atomic E-state index is 12.6. The van der Waals surface area contributed by atoms with E-state index in [1.54, 1.807) is 76.2 Å². The van der Waals surface area contributed by atoms with Gasteiger partial charge < -0.3 is 29.9 Å². The molecule has 0 aromatic heterocycles. The van der Waals surface area contributed by atoms with Gasteiger partial charge >= 0.3 is 5.97 Å². The van der Waals surface area contributed by atoms with E-state index in [-0.39, 0.29) is 45.3 Å². The number of hydrogen-bond acceptors (Lipinski definition) is 10. The first-order valence-electron chi connectivity index (χ1n) is 14.5. The molecular formula is C36H33ClO10. The van der Waals surface area contributed by atoms with Crippen molar-refractivity contribution in [2.45, 2.75) is 53.2 Å². The van der Waals surface area contributed by atoms with Gasteiger partial charge in [0.25, 0.3) is 0 Å². The SMILES string of the molecule is CC(C)OC(=O)C(C)(C)Oc1ccc(C(=O)c2ccc(Cl)cc2)cc1.Cc1cc(O)c2c(c1O)C(=O)c1c(O)cc(C)c(O)c1C2=O. The van der Waals surface area contributed by atoms with Crippen LogP contribution >= 0.6 is 11.6 Å². The monoisotopic (exact) mass is 660 g/mol. The molecule has 0 saturated heterocycles. The molecule has 0 bridgehead atoms. The van der Waals surface area contributed by atoms with Crippen LogP contribution in [-0.4, -0.2) is 55.5 Å². The second-order valence-electron chi connectivity index (χ2n) is 11.7. The molecule has 4 aromatic rings. The molecule has 0 aliphatic heterocycles. The molecule has 4 aromatic carbocycles. The van der Waals surface area contributed by atoms with Crippen molar-refractivity contribution in [3.05, 3.63) is 110 Å². The Morgan fingerprint density at radius 3 is 1.51 bits per heavy atom. The first-order valence-corrected chi connectivity index (χ1v) is 14.8. The number of carbonyl (C=O) groups excluding carboxylic acids is 4. The minimum atomic E-state index is -1.12. The Bertz CT molecular complexity index is 1830. The zero-order chi connectivity index (χ0) is 35.0. The molecule has 10 nitrogen and oxygen atoms in total. The van der Waals surface area contributed by atoms with Gasteiger partial charge in [0.1, 0.15) is 28.7 Å². The van der Waals surface area contributed by atoms with Crippen LogP contribution in [-0.2, 0) is 9.53 Å². The van der Waals surface area contributed by atoms with E-state index in [1.165, 1.54) is 13.8 Å². The molecule has 0 saturated carbocycles. The van der Waals surface area contributed by atoms with Gasteiger partial charge in [-0.15, -0.1) is 0 Å². The fourth-order valence-corrected chi connectivity index (χ4v) is 4.99. The van der Waals surface area contributed by atoms with E-state index in [0.29, 0.717) is 21.9 Å². The molecule has 0 fully saturated rings. The van der Waals surface area contributed by atoms with E-state index in [4.69, 9.17) is 21.1 Å². The largest absolute Gasteiger partial charge is 0.507 e. The van der Waals surface area contributed by atoms with E-state index in [1.807, 2.05) is 0 Å². The molecule has 4 N–H and O–H groups in total. The number of aromatic hydroxyl groups is 4. The van der Waals surface area contributed by atoms with Crippen molar-refractivity contribution in [2.24, 2.45) is 0 Å². The summed E-state index contributed by atoms with van der Waals surface area (Å²) in [6.07, 6.45) is -0.213. The van der Waals surface area contributed by atoms with Gasteiger partial charge in [-0.2, -0.15) is 0 Å². The van der Waals surface area contributed by atoms with Crippen LogP contribution in [0.1, 0.15) is 86.6 Å². The summed E-state index contributed by atoms with van der Waals surface area (Å²) in [5.74, 6) is -3.51. The maximum Gasteiger partial charge on any atom is 0.350 e. The summed E-state index contributed by atoms with van der Waals surface area (Å²) in [5.41, 5.74) is -1.08. The standard InChI is InChI=1S/C20H21ClO4.C16H12O6/c1-13(2)24-19(23)20(3,4)25-17-11-7-15(8-12-17)18(22)14-5-9-16(21)10-6-14;1-5-3-7(17)9-11(13(5)19)15(21)10-8(18)4-6(2)14(20)12(10)16(9)22/h5-13H,1-4H3;3-4,17-20H,1-2H3. The van der Waals surface area contributed by atoms with Crippen LogP contribution in [0.4, 0.5) is 0 Å². The highest BCUT2D eigenvalue weighted by Crippen LogP contribution is 2.45. The van der Waals surface area contributed by atoms with Crippen LogP contribution < -0.4 is 4.74 Å². The highest BCUT2D eigenvalue weighted by molar-refractivity contribution is 6.32. The Morgan fingerprint density at radius 1 is 0.702 bits per heavy atom. The number of ketones is 3. The molecule has 0 radical (unpaired) electrons. The lowest BCUT2D eigenvalue weighted by Gasteiger charge is -2.25. The van der Waals surface area contributed by atoms with E-state index in [2.05, 4.69) is 0 Å². The molecule has 1 aliphatic carbocycles. The lowest BCUT2D eigenvalue weighted by Crippen LogP contribution is -2.40. The summed E-state index contributed by atoms with van der Waals surface area (Å²) in [5, 5.41) is 40.7. The van der Waals surface area contributed by atoms with E-state index >= 15 is 0 Å². The number of phenols is 4. The number of phenolic OH excluding ortho intramolecular Hbond substituents is 4. The number of carbonyl (C=O) groups is 4. The third kappa shape index (κ3) is 6.92. The quantitative estimate of drug-likeness (QED) is 0.0887. The summed E-state index contributed by atoms with van der Waals surface area (Å²) in [6.45, 7) is 9.79. The first-order chi connectivity index (χ1) is 21.9. The highest BCUT2D eigenvalue weighted by atomic mass is 35.5. The van der Waals surface area contributed by atoms with Gasteiger partial charge in [-0.05, 0) is 113 Å². The number of rotatable bonds is 6. The van der Waals surface area contributed by atoms with Crippen molar-refractivity contribution >= 4 is 34.9 Å². The Hall–Kier alpha value is -5.35. The van der Waals surface area contributed by atoms with Gasteiger partial charge in [-0.3, -0.25) is 14.4 Å². The molecule has 244 valence electrons. The second-order valence-corrected chi connectivity index (χ2v) is 12.1. The lowest BCUT2D eigenvalue weighted by molar-refractivity contribution is -0.163. The van der Waals surface area contributed by atoms with E-state index < -0.39 is 46.1 Å². The van der Waals surface area contributed by atoms with Crippen LogP contribution in [0.5, 0.6) is 28.7 Å². The van der Waals surface area contributed by atoms with Crippen molar-refractivity contribution in [3.63, 3.8) is 0 Å². The molecule has 11 heteroatoms. The minimum Gasteiger partial charge on any atom is -0.507 e. The third-order valence-corrected chi connectivity index (χ3v) is 7.53. The predicted octanol–water partition coefficient (Wildman–Crippen LogP) is 6.58. The molecule has 0 amide bonds. The summed E-state index contributed by atoms with van der Waals surface area (Å²) in [6, 6.07) is 15.7. The van der Waals surface area contributed by atoms with Crippen molar-refractivity contribution in [1.82, 2.24) is 0 Å². The molecule has 0 spiro atoms. The van der Waals surface area contributed by atoms with Gasteiger partial charge in [0.05, 0.1) is 28.4 Å². The van der Waals surface area contributed by atoms with Gasteiger partial charge in [-0.25, -0.2) is 4.79 Å². The van der Waals surface area contributed by atoms with Gasteiger partial charge in [0.2, 0.25) is 11.6 Å². The lowest BCUT2D eigenvalue weighted by atomic mass is 9.80. The molecular weight excluding hydrogens is 628 g/mol. The summed E-state index contributed by atoms with van der Waals surface area (Å²) in [4.78, 5) is 49.6. The minimum absolute atomic E-state index is 0.110. The maximum absolute atomic E-state index is 12.6. The number of aryl methyl sites for hydroxylation is 2. The highest BCUT2D eigenvalue weighted by Gasteiger charge is 2.39. The van der Waals surface area contributed by atoms with Gasteiger partial charge in [0.15, 0.2) is 11.4 Å². The first kappa shape index (κ1) is 34.5. The van der Waals surface area contributed by atoms with Crippen molar-refractivity contribution < 1.29 is 49.1 Å². The smallest absolute Gasteiger partial charge is 0.350 e. The zero-order valence-electron chi connectivity index (χ0n) is 26.5. The van der Waals surface area contributed by atoms with Gasteiger partial charge in [0, 0.05) is 16.1 Å². The van der Waals surface area contributed by atoms with Crippen LogP contribution in [0.2, 0.25) is 5.02 Å². The Morgan fingerprint density at radius 2 is 1.11 bits per heavy atom. The predicted molar refractivity (Wildman–Crippen MR) is 173 cm³/mol. The summed E-state index contributed by atoms with van der Waals surface area (Å²) >= 11 is 5.84. The molecule has 5 rings (SSSR count). The van der Waals surface area contributed by atoms with Gasteiger partial charge in [-0.1, -0.05) is 11.6 Å². The Balaban J connectivity index is 0.000000214. The Labute approximate surface area is 275 Å². The Kier molecular flexibility index (Phi) is 9.68. The van der Waals surface area contributed by atoms with Crippen molar-refractivity contribution in [1.29, 1.82) is 0 Å². The van der Waals surface area contributed by atoms with Crippen LogP contribution in [0.25, 0.3) is 0 Å². The molecule has 0 atom stereocenters. The molecule has 47 heavy (non-hydrogen) atoms. The average Bonchev–Trinajstić information content (AvgIpc) is 2.99. The third-order valence-electron chi connectivity index (χ3n) is 7.28. The number of halogens is 1.